The summed E-state index contributed by atoms with van der Waals surface area (Å²) in [6.45, 7) is 1.99. The van der Waals surface area contributed by atoms with Gasteiger partial charge in [0.1, 0.15) is 11.3 Å². The smallest absolute Gasteiger partial charge is 0.341 e. The molecular formula is C20H14BrNO4. The van der Waals surface area contributed by atoms with Crippen LogP contribution in [0, 0.1) is 0 Å². The molecule has 0 saturated carbocycles. The average molecular weight is 412 g/mol. The number of hydrogen-bond acceptors (Lipinski definition) is 4. The van der Waals surface area contributed by atoms with Gasteiger partial charge in [-0.25, -0.2) is 4.79 Å². The van der Waals surface area contributed by atoms with Crippen molar-refractivity contribution in [2.45, 2.75) is 6.92 Å². The summed E-state index contributed by atoms with van der Waals surface area (Å²) >= 11 is 3.44. The van der Waals surface area contributed by atoms with Crippen LogP contribution in [-0.4, -0.2) is 23.3 Å². The van der Waals surface area contributed by atoms with Gasteiger partial charge in [0.15, 0.2) is 6.29 Å². The van der Waals surface area contributed by atoms with Crippen LogP contribution in [0.2, 0.25) is 0 Å². The monoisotopic (exact) mass is 411 g/mol. The first-order valence-electron chi connectivity index (χ1n) is 8.09. The summed E-state index contributed by atoms with van der Waals surface area (Å²) in [5.41, 5.74) is 2.39. The second kappa shape index (κ2) is 6.46. The van der Waals surface area contributed by atoms with Crippen LogP contribution in [0.5, 0.6) is 0 Å². The lowest BCUT2D eigenvalue weighted by Gasteiger charge is -2.03. The third-order valence-corrected chi connectivity index (χ3v) is 4.69. The number of carbonyl (C=O) groups excluding carboxylic acids is 2. The maximum Gasteiger partial charge on any atom is 0.341 e. The van der Waals surface area contributed by atoms with E-state index in [9.17, 15) is 9.59 Å². The van der Waals surface area contributed by atoms with Gasteiger partial charge in [0.2, 0.25) is 0 Å². The van der Waals surface area contributed by atoms with Gasteiger partial charge in [0.05, 0.1) is 28.9 Å². The van der Waals surface area contributed by atoms with Gasteiger partial charge >= 0.3 is 5.97 Å². The molecule has 5 nitrogen and oxygen atoms in total. The molecule has 0 aliphatic rings. The molecule has 0 spiro atoms. The number of benzene rings is 1. The minimum atomic E-state index is -0.485. The van der Waals surface area contributed by atoms with E-state index in [-0.39, 0.29) is 6.61 Å². The molecule has 0 N–H and O–H groups in total. The third-order valence-electron chi connectivity index (χ3n) is 4.20. The number of nitrogens with zero attached hydrogens (tertiary/aromatic N) is 1. The molecule has 130 valence electrons. The maximum atomic E-state index is 12.7. The molecule has 0 unspecified atom stereocenters. The highest BCUT2D eigenvalue weighted by molar-refractivity contribution is 9.10. The SMILES string of the molecule is CCOC(=O)c1c(-c2cc3cc(Br)ccc3o2)c(C=O)n2ccccc12. The first-order valence-corrected chi connectivity index (χ1v) is 8.88. The van der Waals surface area contributed by atoms with Gasteiger partial charge in [-0.2, -0.15) is 0 Å². The van der Waals surface area contributed by atoms with Crippen LogP contribution in [0.4, 0.5) is 0 Å². The van der Waals surface area contributed by atoms with Gasteiger partial charge in [0, 0.05) is 16.1 Å². The van der Waals surface area contributed by atoms with Crippen molar-refractivity contribution in [1.82, 2.24) is 4.40 Å². The number of pyridine rings is 1. The predicted molar refractivity (Wildman–Crippen MR) is 102 cm³/mol. The number of aldehydes is 1. The first kappa shape index (κ1) is 16.6. The number of ether oxygens (including phenoxy) is 1. The minimum Gasteiger partial charge on any atom is -0.462 e. The molecule has 0 fully saturated rings. The second-order valence-electron chi connectivity index (χ2n) is 5.72. The van der Waals surface area contributed by atoms with E-state index in [0.29, 0.717) is 33.7 Å². The summed E-state index contributed by atoms with van der Waals surface area (Å²) in [6, 6.07) is 12.8. The van der Waals surface area contributed by atoms with Gasteiger partial charge in [-0.05, 0) is 43.3 Å². The summed E-state index contributed by atoms with van der Waals surface area (Å²) in [7, 11) is 0. The number of rotatable bonds is 4. The molecule has 0 bridgehead atoms. The van der Waals surface area contributed by atoms with E-state index in [1.807, 2.05) is 30.3 Å². The Morgan fingerprint density at radius 1 is 1.27 bits per heavy atom. The Balaban J connectivity index is 2.07. The number of aromatic nitrogens is 1. The van der Waals surface area contributed by atoms with Crippen molar-refractivity contribution >= 4 is 44.7 Å². The van der Waals surface area contributed by atoms with Crippen LogP contribution >= 0.6 is 15.9 Å². The van der Waals surface area contributed by atoms with Crippen LogP contribution in [0.3, 0.4) is 0 Å². The van der Waals surface area contributed by atoms with Crippen LogP contribution in [0.15, 0.2) is 57.6 Å². The van der Waals surface area contributed by atoms with Crippen molar-refractivity contribution in [3.05, 3.63) is 64.4 Å². The molecule has 0 aliphatic carbocycles. The molecule has 4 rings (SSSR count). The summed E-state index contributed by atoms with van der Waals surface area (Å²) < 4.78 is 13.8. The van der Waals surface area contributed by atoms with Gasteiger partial charge in [-0.15, -0.1) is 0 Å². The quantitative estimate of drug-likeness (QED) is 0.346. The number of esters is 1. The zero-order valence-corrected chi connectivity index (χ0v) is 15.4. The Labute approximate surface area is 157 Å². The molecule has 4 aromatic rings. The van der Waals surface area contributed by atoms with Crippen molar-refractivity contribution in [3.8, 4) is 11.3 Å². The highest BCUT2D eigenvalue weighted by Crippen LogP contribution is 2.37. The number of furan rings is 1. The summed E-state index contributed by atoms with van der Waals surface area (Å²) in [4.78, 5) is 24.5. The first-order chi connectivity index (χ1) is 12.6. The van der Waals surface area contributed by atoms with E-state index in [4.69, 9.17) is 9.15 Å². The molecule has 0 radical (unpaired) electrons. The zero-order chi connectivity index (χ0) is 18.3. The Hall–Kier alpha value is -2.86. The predicted octanol–water partition coefficient (Wildman–Crippen LogP) is 5.10. The highest BCUT2D eigenvalue weighted by Gasteiger charge is 2.27. The molecule has 26 heavy (non-hydrogen) atoms. The van der Waals surface area contributed by atoms with Gasteiger partial charge in [-0.3, -0.25) is 4.79 Å². The molecule has 3 heterocycles. The number of fused-ring (bicyclic) bond motifs is 2. The van der Waals surface area contributed by atoms with E-state index < -0.39 is 5.97 Å². The number of hydrogen-bond donors (Lipinski definition) is 0. The Kier molecular flexibility index (Phi) is 4.12. The molecule has 6 heteroatoms. The number of carbonyl (C=O) groups is 2. The van der Waals surface area contributed by atoms with Crippen molar-refractivity contribution < 1.29 is 18.7 Å². The molecule has 1 aromatic carbocycles. The fraction of sp³-hybridized carbons (Fsp3) is 0.100. The van der Waals surface area contributed by atoms with Crippen molar-refractivity contribution in [1.29, 1.82) is 0 Å². The molecule has 0 aliphatic heterocycles. The fourth-order valence-electron chi connectivity index (χ4n) is 3.15. The van der Waals surface area contributed by atoms with E-state index in [1.54, 1.807) is 29.7 Å². The highest BCUT2D eigenvalue weighted by atomic mass is 79.9. The fourth-order valence-corrected chi connectivity index (χ4v) is 3.52. The lowest BCUT2D eigenvalue weighted by atomic mass is 10.1. The lowest BCUT2D eigenvalue weighted by molar-refractivity contribution is 0.0529. The minimum absolute atomic E-state index is 0.242. The van der Waals surface area contributed by atoms with Crippen LogP contribution in [0.25, 0.3) is 27.8 Å². The number of halogens is 1. The van der Waals surface area contributed by atoms with Crippen LogP contribution in [0.1, 0.15) is 27.8 Å². The van der Waals surface area contributed by atoms with Crippen molar-refractivity contribution in [3.63, 3.8) is 0 Å². The van der Waals surface area contributed by atoms with Crippen molar-refractivity contribution in [2.24, 2.45) is 0 Å². The molecule has 0 amide bonds. The van der Waals surface area contributed by atoms with E-state index in [2.05, 4.69) is 15.9 Å². The standard InChI is InChI=1S/C20H14BrNO4/c1-2-25-20(24)19-14-5-3-4-8-22(14)15(11-23)18(19)17-10-12-9-13(21)6-7-16(12)26-17/h3-11H,2H2,1H3. The van der Waals surface area contributed by atoms with E-state index >= 15 is 0 Å². The molecule has 0 atom stereocenters. The Morgan fingerprint density at radius 2 is 2.12 bits per heavy atom. The van der Waals surface area contributed by atoms with Gasteiger partial charge in [0.25, 0.3) is 0 Å². The van der Waals surface area contributed by atoms with Gasteiger partial charge in [-0.1, -0.05) is 22.0 Å². The zero-order valence-electron chi connectivity index (χ0n) is 13.9. The van der Waals surface area contributed by atoms with E-state index in [0.717, 1.165) is 16.1 Å². The topological polar surface area (TPSA) is 60.9 Å². The van der Waals surface area contributed by atoms with E-state index in [1.165, 1.54) is 0 Å². The lowest BCUT2D eigenvalue weighted by Crippen LogP contribution is -2.05. The second-order valence-corrected chi connectivity index (χ2v) is 6.64. The van der Waals surface area contributed by atoms with Gasteiger partial charge < -0.3 is 13.6 Å². The summed E-state index contributed by atoms with van der Waals surface area (Å²) in [5.74, 6) is -0.0344. The Bertz CT molecular complexity index is 1160. The molecule has 3 aromatic heterocycles. The third kappa shape index (κ3) is 2.54. The normalized spacial score (nSPS) is 11.2. The largest absolute Gasteiger partial charge is 0.462 e. The molecule has 0 saturated heterocycles. The van der Waals surface area contributed by atoms with Crippen LogP contribution in [-0.2, 0) is 4.74 Å². The Morgan fingerprint density at radius 3 is 2.88 bits per heavy atom. The molecular weight excluding hydrogens is 398 g/mol. The average Bonchev–Trinajstić information content (AvgIpc) is 3.19. The summed E-state index contributed by atoms with van der Waals surface area (Å²) in [5, 5.41) is 0.872. The van der Waals surface area contributed by atoms with Crippen molar-refractivity contribution in [2.75, 3.05) is 6.61 Å². The maximum absolute atomic E-state index is 12.7. The summed E-state index contributed by atoms with van der Waals surface area (Å²) in [6.07, 6.45) is 2.47. The van der Waals surface area contributed by atoms with Crippen LogP contribution < -0.4 is 0 Å².